The Morgan fingerprint density at radius 1 is 0.906 bits per heavy atom. The molecule has 0 aliphatic rings. The molecule has 0 spiro atoms. The minimum Gasteiger partial charge on any atom is -0.495 e. The van der Waals surface area contributed by atoms with Gasteiger partial charge in [0.15, 0.2) is 0 Å². The molecule has 3 aromatic carbocycles. The predicted octanol–water partition coefficient (Wildman–Crippen LogP) is 4.77. The number of nitrogens with one attached hydrogen (secondary N) is 1. The number of benzene rings is 3. The number of nitrogens with zero attached hydrogens (tertiary/aromatic N) is 1. The third-order valence-corrected chi connectivity index (χ3v) is 6.90. The van der Waals surface area contributed by atoms with Crippen molar-refractivity contribution in [2.45, 2.75) is 18.7 Å². The van der Waals surface area contributed by atoms with Gasteiger partial charge in [-0.05, 0) is 54.6 Å². The van der Waals surface area contributed by atoms with Crippen LogP contribution in [-0.2, 0) is 10.0 Å². The van der Waals surface area contributed by atoms with E-state index in [2.05, 4.69) is 5.32 Å². The first-order chi connectivity index (χ1) is 15.4. The lowest BCUT2D eigenvalue weighted by atomic mass is 10.2. The second-order valence-electron chi connectivity index (χ2n) is 6.85. The summed E-state index contributed by atoms with van der Waals surface area (Å²) in [6.07, 6.45) is 0. The maximum absolute atomic E-state index is 12.8. The maximum atomic E-state index is 12.8. The van der Waals surface area contributed by atoms with Crippen LogP contribution in [0.2, 0.25) is 0 Å². The average molecular weight is 455 g/mol. The molecule has 0 unspecified atom stereocenters. The molecule has 0 fully saturated rings. The Labute approximate surface area is 188 Å². The molecule has 0 radical (unpaired) electrons. The van der Waals surface area contributed by atoms with E-state index in [1.54, 1.807) is 38.1 Å². The van der Waals surface area contributed by atoms with E-state index >= 15 is 0 Å². The Bertz CT molecular complexity index is 1160. The average Bonchev–Trinajstić information content (AvgIpc) is 2.80. The number of methoxy groups -OCH3 is 1. The number of carbonyl (C=O) groups is 1. The topological polar surface area (TPSA) is 84.9 Å². The number of anilines is 1. The van der Waals surface area contributed by atoms with Gasteiger partial charge in [-0.3, -0.25) is 4.79 Å². The molecule has 0 bridgehead atoms. The quantitative estimate of drug-likeness (QED) is 0.503. The summed E-state index contributed by atoms with van der Waals surface area (Å²) in [6, 6.07) is 20.4. The van der Waals surface area contributed by atoms with E-state index in [0.717, 1.165) is 0 Å². The Morgan fingerprint density at radius 2 is 1.53 bits per heavy atom. The molecule has 3 rings (SSSR count). The molecule has 1 N–H and O–H groups in total. The largest absolute Gasteiger partial charge is 0.495 e. The van der Waals surface area contributed by atoms with Crippen LogP contribution in [0, 0.1) is 0 Å². The predicted molar refractivity (Wildman–Crippen MR) is 124 cm³/mol. The van der Waals surface area contributed by atoms with Gasteiger partial charge in [0, 0.05) is 18.7 Å². The van der Waals surface area contributed by atoms with Crippen LogP contribution in [0.1, 0.15) is 24.2 Å². The van der Waals surface area contributed by atoms with Gasteiger partial charge in [0.25, 0.3) is 5.91 Å². The van der Waals surface area contributed by atoms with E-state index in [1.807, 2.05) is 30.3 Å². The van der Waals surface area contributed by atoms with E-state index in [4.69, 9.17) is 9.47 Å². The Balaban J connectivity index is 1.80. The summed E-state index contributed by atoms with van der Waals surface area (Å²) < 4.78 is 38.1. The summed E-state index contributed by atoms with van der Waals surface area (Å²) in [5.74, 6) is 1.26. The minimum absolute atomic E-state index is 0.0870. The molecule has 0 aliphatic carbocycles. The monoisotopic (exact) mass is 454 g/mol. The van der Waals surface area contributed by atoms with E-state index in [9.17, 15) is 13.2 Å². The SMILES string of the molecule is CCN(CC)S(=O)(=O)c1ccc(OC)c(NC(=O)c2ccc(Oc3ccccc3)cc2)c1. The van der Waals surface area contributed by atoms with Crippen LogP contribution in [0.4, 0.5) is 5.69 Å². The zero-order chi connectivity index (χ0) is 23.1. The van der Waals surface area contributed by atoms with Crippen molar-refractivity contribution in [1.82, 2.24) is 4.31 Å². The fourth-order valence-electron chi connectivity index (χ4n) is 3.15. The summed E-state index contributed by atoms with van der Waals surface area (Å²) in [5.41, 5.74) is 0.666. The van der Waals surface area contributed by atoms with Gasteiger partial charge >= 0.3 is 0 Å². The summed E-state index contributed by atoms with van der Waals surface area (Å²) in [5, 5.41) is 2.75. The highest BCUT2D eigenvalue weighted by Gasteiger charge is 2.23. The summed E-state index contributed by atoms with van der Waals surface area (Å²) in [4.78, 5) is 12.9. The van der Waals surface area contributed by atoms with Crippen LogP contribution in [0.25, 0.3) is 0 Å². The van der Waals surface area contributed by atoms with Crippen molar-refractivity contribution in [1.29, 1.82) is 0 Å². The molecule has 0 aliphatic heterocycles. The molecule has 0 saturated heterocycles. The smallest absolute Gasteiger partial charge is 0.255 e. The number of hydrogen-bond donors (Lipinski definition) is 1. The van der Waals surface area contributed by atoms with Gasteiger partial charge in [-0.15, -0.1) is 0 Å². The van der Waals surface area contributed by atoms with Crippen LogP contribution < -0.4 is 14.8 Å². The van der Waals surface area contributed by atoms with Crippen LogP contribution >= 0.6 is 0 Å². The Kier molecular flexibility index (Phi) is 7.50. The van der Waals surface area contributed by atoms with Gasteiger partial charge in [0.1, 0.15) is 17.2 Å². The molecule has 0 heterocycles. The standard InChI is InChI=1S/C24H26N2O5S/c1-4-26(5-2)32(28,29)21-15-16-23(30-3)22(17-21)25-24(27)18-11-13-20(14-12-18)31-19-9-7-6-8-10-19/h6-17H,4-5H2,1-3H3,(H,25,27). The van der Waals surface area contributed by atoms with E-state index in [1.165, 1.54) is 29.6 Å². The first-order valence-electron chi connectivity index (χ1n) is 10.2. The minimum atomic E-state index is -3.67. The number of rotatable bonds is 9. The third kappa shape index (κ3) is 5.27. The number of carbonyl (C=O) groups excluding carboxylic acids is 1. The normalized spacial score (nSPS) is 11.2. The Hall–Kier alpha value is -3.36. The van der Waals surface area contributed by atoms with Gasteiger partial charge < -0.3 is 14.8 Å². The van der Waals surface area contributed by atoms with Crippen molar-refractivity contribution in [3.05, 3.63) is 78.4 Å². The maximum Gasteiger partial charge on any atom is 0.255 e. The number of amides is 1. The van der Waals surface area contributed by atoms with Crippen LogP contribution in [-0.4, -0.2) is 38.8 Å². The second kappa shape index (κ2) is 10.3. The van der Waals surface area contributed by atoms with Gasteiger partial charge in [0.05, 0.1) is 17.7 Å². The zero-order valence-electron chi connectivity index (χ0n) is 18.2. The Morgan fingerprint density at radius 3 is 2.12 bits per heavy atom. The van der Waals surface area contributed by atoms with Crippen molar-refractivity contribution in [3.8, 4) is 17.2 Å². The van der Waals surface area contributed by atoms with Crippen molar-refractivity contribution in [2.24, 2.45) is 0 Å². The van der Waals surface area contributed by atoms with E-state index in [0.29, 0.717) is 35.9 Å². The van der Waals surface area contributed by atoms with Crippen molar-refractivity contribution >= 4 is 21.6 Å². The van der Waals surface area contributed by atoms with Crippen molar-refractivity contribution < 1.29 is 22.7 Å². The molecule has 168 valence electrons. The molecule has 8 heteroatoms. The first kappa shape index (κ1) is 23.3. The molecule has 3 aromatic rings. The van der Waals surface area contributed by atoms with Gasteiger partial charge in [-0.25, -0.2) is 8.42 Å². The van der Waals surface area contributed by atoms with E-state index < -0.39 is 15.9 Å². The molecule has 0 atom stereocenters. The number of para-hydroxylation sites is 1. The van der Waals surface area contributed by atoms with Gasteiger partial charge in [0.2, 0.25) is 10.0 Å². The summed E-state index contributed by atoms with van der Waals surface area (Å²) >= 11 is 0. The van der Waals surface area contributed by atoms with Gasteiger partial charge in [-0.1, -0.05) is 32.0 Å². The summed E-state index contributed by atoms with van der Waals surface area (Å²) in [7, 11) is -2.22. The number of sulfonamides is 1. The first-order valence-corrected chi connectivity index (χ1v) is 11.7. The fraction of sp³-hybridized carbons (Fsp3) is 0.208. The highest BCUT2D eigenvalue weighted by Crippen LogP contribution is 2.30. The zero-order valence-corrected chi connectivity index (χ0v) is 19.1. The van der Waals surface area contributed by atoms with Crippen molar-refractivity contribution in [2.75, 3.05) is 25.5 Å². The number of ether oxygens (including phenoxy) is 2. The fourth-order valence-corrected chi connectivity index (χ4v) is 4.64. The third-order valence-electron chi connectivity index (χ3n) is 4.86. The van der Waals surface area contributed by atoms with Crippen LogP contribution in [0.15, 0.2) is 77.7 Å². The van der Waals surface area contributed by atoms with Crippen LogP contribution in [0.3, 0.4) is 0 Å². The van der Waals surface area contributed by atoms with Gasteiger partial charge in [-0.2, -0.15) is 4.31 Å². The molecule has 32 heavy (non-hydrogen) atoms. The van der Waals surface area contributed by atoms with E-state index in [-0.39, 0.29) is 10.6 Å². The summed E-state index contributed by atoms with van der Waals surface area (Å²) in [6.45, 7) is 4.25. The molecule has 0 saturated carbocycles. The molecular formula is C24H26N2O5S. The lowest BCUT2D eigenvalue weighted by Crippen LogP contribution is -2.30. The van der Waals surface area contributed by atoms with Crippen LogP contribution in [0.5, 0.6) is 17.2 Å². The highest BCUT2D eigenvalue weighted by molar-refractivity contribution is 7.89. The van der Waals surface area contributed by atoms with Crippen molar-refractivity contribution in [3.63, 3.8) is 0 Å². The molecule has 0 aromatic heterocycles. The molecular weight excluding hydrogens is 428 g/mol. The second-order valence-corrected chi connectivity index (χ2v) is 8.78. The molecule has 1 amide bonds. The highest BCUT2D eigenvalue weighted by atomic mass is 32.2. The lowest BCUT2D eigenvalue weighted by molar-refractivity contribution is 0.102. The molecule has 7 nitrogen and oxygen atoms in total. The number of hydrogen-bond acceptors (Lipinski definition) is 5. The lowest BCUT2D eigenvalue weighted by Gasteiger charge is -2.19.